The molecule has 1 aliphatic rings. The highest BCUT2D eigenvalue weighted by Crippen LogP contribution is 2.31. The van der Waals surface area contributed by atoms with Crippen molar-refractivity contribution in [3.8, 4) is 5.75 Å². The number of ether oxygens (including phenoxy) is 1. The molecule has 2 aromatic rings. The van der Waals surface area contributed by atoms with E-state index in [-0.39, 0.29) is 36.4 Å². The van der Waals surface area contributed by atoms with Gasteiger partial charge in [-0.3, -0.25) is 9.59 Å². The Morgan fingerprint density at radius 1 is 1.09 bits per heavy atom. The maximum absolute atomic E-state index is 13.5. The van der Waals surface area contributed by atoms with Gasteiger partial charge in [0, 0.05) is 22.6 Å². The van der Waals surface area contributed by atoms with Crippen LogP contribution in [-0.4, -0.2) is 35.4 Å². The monoisotopic (exact) mass is 518 g/mol. The number of hydrogen-bond donors (Lipinski definition) is 1. The van der Waals surface area contributed by atoms with E-state index in [0.717, 1.165) is 36.8 Å². The second kappa shape index (κ2) is 12.1. The number of nitrogens with zero attached hydrogens (tertiary/aromatic N) is 1. The molecule has 0 aromatic heterocycles. The van der Waals surface area contributed by atoms with Crippen molar-refractivity contribution in [1.29, 1.82) is 0 Å². The molecule has 1 atom stereocenters. The second-order valence-corrected chi connectivity index (χ2v) is 11.2. The fourth-order valence-corrected chi connectivity index (χ4v) is 4.89. The van der Waals surface area contributed by atoms with E-state index in [0.29, 0.717) is 15.8 Å². The molecule has 1 aliphatic carbocycles. The van der Waals surface area contributed by atoms with Gasteiger partial charge in [0.2, 0.25) is 5.91 Å². The Kier molecular flexibility index (Phi) is 9.48. The van der Waals surface area contributed by atoms with Crippen LogP contribution < -0.4 is 10.1 Å². The van der Waals surface area contributed by atoms with Gasteiger partial charge < -0.3 is 15.0 Å². The van der Waals surface area contributed by atoms with Crippen molar-refractivity contribution in [2.24, 2.45) is 0 Å². The summed E-state index contributed by atoms with van der Waals surface area (Å²) >= 11 is 12.5. The molecule has 1 saturated carbocycles. The number of carbonyl (C=O) groups excluding carboxylic acids is 2. The molecule has 2 amide bonds. The lowest BCUT2D eigenvalue weighted by Crippen LogP contribution is -2.51. The molecule has 0 spiro atoms. The van der Waals surface area contributed by atoms with E-state index >= 15 is 0 Å². The number of para-hydroxylation sites is 1. The molecule has 1 N–H and O–H groups in total. The molecule has 3 rings (SSSR count). The summed E-state index contributed by atoms with van der Waals surface area (Å²) in [6, 6.07) is 12.4. The zero-order chi connectivity index (χ0) is 25.6. The number of halogens is 2. The average Bonchev–Trinajstić information content (AvgIpc) is 2.82. The molecular weight excluding hydrogens is 483 g/mol. The van der Waals surface area contributed by atoms with Crippen LogP contribution in [0.4, 0.5) is 0 Å². The molecule has 0 saturated heterocycles. The predicted molar refractivity (Wildman–Crippen MR) is 142 cm³/mol. The fraction of sp³-hybridized carbons (Fsp3) is 0.500. The number of benzene rings is 2. The first-order chi connectivity index (χ1) is 16.6. The Morgan fingerprint density at radius 2 is 1.77 bits per heavy atom. The minimum absolute atomic E-state index is 0.136. The molecule has 190 valence electrons. The standard InChI is InChI=1S/C28H36Cl2N2O3/c1-19(27(34)31-22-10-6-5-7-11-22)32(17-20-14-15-21(29)16-24(20)30)26(33)18-35-25-13-9-8-12-23(25)28(2,3)4/h8-9,12-16,19,22H,5-7,10-11,17-18H2,1-4H3,(H,31,34). The number of carbonyl (C=O) groups is 2. The highest BCUT2D eigenvalue weighted by Gasteiger charge is 2.29. The Labute approximate surface area is 219 Å². The van der Waals surface area contributed by atoms with Crippen LogP contribution in [0.15, 0.2) is 42.5 Å². The van der Waals surface area contributed by atoms with Crippen LogP contribution in [0.5, 0.6) is 5.75 Å². The minimum Gasteiger partial charge on any atom is -0.483 e. The predicted octanol–water partition coefficient (Wildman–Crippen LogP) is 6.54. The maximum Gasteiger partial charge on any atom is 0.261 e. The van der Waals surface area contributed by atoms with Crippen LogP contribution in [-0.2, 0) is 21.5 Å². The number of hydrogen-bond acceptors (Lipinski definition) is 3. The highest BCUT2D eigenvalue weighted by atomic mass is 35.5. The Hall–Kier alpha value is -2.24. The van der Waals surface area contributed by atoms with Crippen molar-refractivity contribution in [2.75, 3.05) is 6.61 Å². The molecule has 35 heavy (non-hydrogen) atoms. The van der Waals surface area contributed by atoms with E-state index in [9.17, 15) is 9.59 Å². The van der Waals surface area contributed by atoms with E-state index < -0.39 is 6.04 Å². The van der Waals surface area contributed by atoms with E-state index in [1.165, 1.54) is 11.3 Å². The number of amides is 2. The summed E-state index contributed by atoms with van der Waals surface area (Å²) < 4.78 is 6.00. The maximum atomic E-state index is 13.5. The van der Waals surface area contributed by atoms with Gasteiger partial charge in [-0.2, -0.15) is 0 Å². The summed E-state index contributed by atoms with van der Waals surface area (Å²) in [7, 11) is 0. The summed E-state index contributed by atoms with van der Waals surface area (Å²) in [6.45, 7) is 8.05. The molecule has 0 aliphatic heterocycles. The largest absolute Gasteiger partial charge is 0.483 e. The summed E-state index contributed by atoms with van der Waals surface area (Å²) in [4.78, 5) is 28.1. The zero-order valence-electron chi connectivity index (χ0n) is 21.1. The van der Waals surface area contributed by atoms with Crippen molar-refractivity contribution in [1.82, 2.24) is 10.2 Å². The molecule has 0 heterocycles. The topological polar surface area (TPSA) is 58.6 Å². The van der Waals surface area contributed by atoms with Gasteiger partial charge in [0.15, 0.2) is 6.61 Å². The highest BCUT2D eigenvalue weighted by molar-refractivity contribution is 6.35. The van der Waals surface area contributed by atoms with E-state index in [1.807, 2.05) is 24.3 Å². The lowest BCUT2D eigenvalue weighted by molar-refractivity contribution is -0.142. The zero-order valence-corrected chi connectivity index (χ0v) is 22.6. The number of nitrogens with one attached hydrogen (secondary N) is 1. The Balaban J connectivity index is 1.78. The van der Waals surface area contributed by atoms with Crippen molar-refractivity contribution in [3.05, 3.63) is 63.6 Å². The van der Waals surface area contributed by atoms with Gasteiger partial charge in [0.1, 0.15) is 11.8 Å². The summed E-state index contributed by atoms with van der Waals surface area (Å²) in [5, 5.41) is 4.11. The van der Waals surface area contributed by atoms with Crippen molar-refractivity contribution < 1.29 is 14.3 Å². The van der Waals surface area contributed by atoms with E-state index in [1.54, 1.807) is 25.1 Å². The molecule has 5 nitrogen and oxygen atoms in total. The van der Waals surface area contributed by atoms with Crippen LogP contribution in [0.25, 0.3) is 0 Å². The van der Waals surface area contributed by atoms with Crippen LogP contribution in [0.3, 0.4) is 0 Å². The normalized spacial score (nSPS) is 15.4. The van der Waals surface area contributed by atoms with Crippen LogP contribution in [0, 0.1) is 0 Å². The molecule has 2 aromatic carbocycles. The lowest BCUT2D eigenvalue weighted by Gasteiger charge is -2.31. The molecule has 7 heteroatoms. The van der Waals surface area contributed by atoms with Crippen molar-refractivity contribution in [3.63, 3.8) is 0 Å². The van der Waals surface area contributed by atoms with Crippen LogP contribution in [0.1, 0.15) is 70.9 Å². The number of rotatable bonds is 8. The third-order valence-electron chi connectivity index (χ3n) is 6.52. The van der Waals surface area contributed by atoms with Crippen molar-refractivity contribution >= 4 is 35.0 Å². The smallest absolute Gasteiger partial charge is 0.261 e. The quantitative estimate of drug-likeness (QED) is 0.431. The molecule has 1 unspecified atom stereocenters. The molecule has 1 fully saturated rings. The van der Waals surface area contributed by atoms with Gasteiger partial charge >= 0.3 is 0 Å². The van der Waals surface area contributed by atoms with Crippen LogP contribution >= 0.6 is 23.2 Å². The summed E-state index contributed by atoms with van der Waals surface area (Å²) in [6.07, 6.45) is 5.38. The first kappa shape index (κ1) is 27.3. The average molecular weight is 520 g/mol. The van der Waals surface area contributed by atoms with Crippen molar-refractivity contribution in [2.45, 2.75) is 83.8 Å². The molecule has 0 bridgehead atoms. The second-order valence-electron chi connectivity index (χ2n) is 10.3. The lowest BCUT2D eigenvalue weighted by atomic mass is 9.86. The van der Waals surface area contributed by atoms with Crippen LogP contribution in [0.2, 0.25) is 10.0 Å². The summed E-state index contributed by atoms with van der Waals surface area (Å²) in [5.74, 6) is 0.216. The van der Waals surface area contributed by atoms with Gasteiger partial charge in [-0.1, -0.05) is 87.5 Å². The van der Waals surface area contributed by atoms with Gasteiger partial charge in [-0.15, -0.1) is 0 Å². The first-order valence-corrected chi connectivity index (χ1v) is 13.1. The van der Waals surface area contributed by atoms with Gasteiger partial charge in [0.05, 0.1) is 0 Å². The van der Waals surface area contributed by atoms with Gasteiger partial charge in [-0.25, -0.2) is 0 Å². The van der Waals surface area contributed by atoms with Gasteiger partial charge in [0.25, 0.3) is 5.91 Å². The Bertz CT molecular complexity index is 1030. The first-order valence-electron chi connectivity index (χ1n) is 12.3. The van der Waals surface area contributed by atoms with E-state index in [2.05, 4.69) is 26.1 Å². The van der Waals surface area contributed by atoms with Gasteiger partial charge in [-0.05, 0) is 54.5 Å². The molecule has 0 radical (unpaired) electrons. The fourth-order valence-electron chi connectivity index (χ4n) is 4.42. The van der Waals surface area contributed by atoms with E-state index in [4.69, 9.17) is 27.9 Å². The SMILES string of the molecule is CC(C(=O)NC1CCCCC1)N(Cc1ccc(Cl)cc1Cl)C(=O)COc1ccccc1C(C)(C)C. The third kappa shape index (κ3) is 7.62. The summed E-state index contributed by atoms with van der Waals surface area (Å²) in [5.41, 5.74) is 1.60. The molecular formula is C28H36Cl2N2O3. The Morgan fingerprint density at radius 3 is 2.43 bits per heavy atom. The minimum atomic E-state index is -0.683. The third-order valence-corrected chi connectivity index (χ3v) is 7.11.